The molecular formula is C7H14N2. The second-order valence-corrected chi connectivity index (χ2v) is 1.52. The van der Waals surface area contributed by atoms with E-state index >= 15 is 0 Å². The first-order chi connectivity index (χ1) is 4.43. The van der Waals surface area contributed by atoms with Crippen LogP contribution in [0.3, 0.4) is 0 Å². The summed E-state index contributed by atoms with van der Waals surface area (Å²) in [7, 11) is 0. The van der Waals surface area contributed by atoms with E-state index in [2.05, 4.69) is 17.1 Å². The third-order valence-corrected chi connectivity index (χ3v) is 1.02. The van der Waals surface area contributed by atoms with Crippen LogP contribution < -0.4 is 0 Å². The van der Waals surface area contributed by atoms with Gasteiger partial charge in [-0.1, -0.05) is 20.8 Å². The minimum Gasteiger partial charge on any atom is -0.163 e. The first-order valence-electron chi connectivity index (χ1n) is 3.50. The minimum atomic E-state index is 0.969. The molecule has 0 amide bonds. The molecule has 9 heavy (non-hydrogen) atoms. The number of hydrogen-bond acceptors (Lipinski definition) is 2. The molecule has 0 saturated heterocycles. The van der Waals surface area contributed by atoms with Crippen LogP contribution in [0, 0.1) is 0 Å². The lowest BCUT2D eigenvalue weighted by atomic mass is 10.2. The molecule has 0 fully saturated rings. The highest BCUT2D eigenvalue weighted by Crippen LogP contribution is 1.96. The molecule has 0 aromatic rings. The Morgan fingerprint density at radius 3 is 2.44 bits per heavy atom. The van der Waals surface area contributed by atoms with Crippen LogP contribution in [-0.2, 0) is 0 Å². The summed E-state index contributed by atoms with van der Waals surface area (Å²) in [6.07, 6.45) is 3.84. The zero-order chi connectivity index (χ0) is 7.11. The van der Waals surface area contributed by atoms with E-state index in [9.17, 15) is 0 Å². The zero-order valence-corrected chi connectivity index (χ0v) is 6.39. The summed E-state index contributed by atoms with van der Waals surface area (Å²) < 4.78 is 0. The molecule has 0 unspecified atom stereocenters. The zero-order valence-electron chi connectivity index (χ0n) is 6.39. The molecule has 0 aliphatic carbocycles. The average molecular weight is 126 g/mol. The highest BCUT2D eigenvalue weighted by molar-refractivity contribution is 5.97. The van der Waals surface area contributed by atoms with Gasteiger partial charge in [0.05, 0.1) is 0 Å². The Morgan fingerprint density at radius 1 is 1.56 bits per heavy atom. The Hall–Kier alpha value is -0.660. The lowest BCUT2D eigenvalue weighted by Gasteiger charge is -1.83. The van der Waals surface area contributed by atoms with Gasteiger partial charge in [0.2, 0.25) is 0 Å². The second-order valence-electron chi connectivity index (χ2n) is 1.52. The van der Waals surface area contributed by atoms with Crippen molar-refractivity contribution in [3.8, 4) is 0 Å². The fraction of sp³-hybridized carbons (Fsp3) is 0.714. The molecule has 0 radical (unpaired) electrons. The van der Waals surface area contributed by atoms with Crippen LogP contribution in [-0.4, -0.2) is 11.9 Å². The second kappa shape index (κ2) is 5.48. The summed E-state index contributed by atoms with van der Waals surface area (Å²) in [5.74, 6) is 0. The van der Waals surface area contributed by atoms with E-state index in [1.54, 1.807) is 0 Å². The van der Waals surface area contributed by atoms with Gasteiger partial charge in [0.25, 0.3) is 0 Å². The standard InChI is InChI=1S/C5H8N2.C2H6/c1-2-5-3-4-6-7-5;1-2/h4H,2-3H2,1H3;1-2H3. The van der Waals surface area contributed by atoms with Gasteiger partial charge in [-0.3, -0.25) is 0 Å². The number of rotatable bonds is 1. The van der Waals surface area contributed by atoms with Crippen LogP contribution in [0.5, 0.6) is 0 Å². The van der Waals surface area contributed by atoms with Crippen LogP contribution in [0.1, 0.15) is 33.6 Å². The highest BCUT2D eigenvalue weighted by atomic mass is 15.2. The van der Waals surface area contributed by atoms with E-state index in [4.69, 9.17) is 0 Å². The first-order valence-corrected chi connectivity index (χ1v) is 3.50. The normalized spacial score (nSPS) is 14.3. The lowest BCUT2D eigenvalue weighted by Crippen LogP contribution is -1.88. The summed E-state index contributed by atoms with van der Waals surface area (Å²) in [5, 5.41) is 7.54. The predicted molar refractivity (Wildman–Crippen MR) is 42.2 cm³/mol. The molecular weight excluding hydrogens is 112 g/mol. The minimum absolute atomic E-state index is 0.969. The van der Waals surface area contributed by atoms with Crippen molar-refractivity contribution in [2.45, 2.75) is 33.6 Å². The third-order valence-electron chi connectivity index (χ3n) is 1.02. The Labute approximate surface area is 56.7 Å². The van der Waals surface area contributed by atoms with Crippen molar-refractivity contribution in [2.75, 3.05) is 0 Å². The maximum Gasteiger partial charge on any atom is 0.0456 e. The lowest BCUT2D eigenvalue weighted by molar-refractivity contribution is 1.20. The van der Waals surface area contributed by atoms with Crippen LogP contribution in [0.2, 0.25) is 0 Å². The van der Waals surface area contributed by atoms with Gasteiger partial charge in [-0.2, -0.15) is 10.2 Å². The van der Waals surface area contributed by atoms with Crippen molar-refractivity contribution in [3.05, 3.63) is 0 Å². The Balaban J connectivity index is 0.000000291. The molecule has 0 bridgehead atoms. The quantitative estimate of drug-likeness (QED) is 0.515. The van der Waals surface area contributed by atoms with E-state index in [-0.39, 0.29) is 0 Å². The smallest absolute Gasteiger partial charge is 0.0456 e. The van der Waals surface area contributed by atoms with Gasteiger partial charge in [0.1, 0.15) is 0 Å². The topological polar surface area (TPSA) is 24.7 Å². The molecule has 0 aromatic heterocycles. The maximum absolute atomic E-state index is 3.84. The van der Waals surface area contributed by atoms with Crippen molar-refractivity contribution in [1.82, 2.24) is 0 Å². The van der Waals surface area contributed by atoms with Gasteiger partial charge in [-0.15, -0.1) is 0 Å². The summed E-state index contributed by atoms with van der Waals surface area (Å²) >= 11 is 0. The largest absolute Gasteiger partial charge is 0.163 e. The molecule has 2 nitrogen and oxygen atoms in total. The van der Waals surface area contributed by atoms with Gasteiger partial charge < -0.3 is 0 Å². The van der Waals surface area contributed by atoms with E-state index in [1.807, 2.05) is 20.1 Å². The SMILES string of the molecule is CC.CCC1=NN=CC1. The van der Waals surface area contributed by atoms with Crippen molar-refractivity contribution in [1.29, 1.82) is 0 Å². The van der Waals surface area contributed by atoms with E-state index in [0.29, 0.717) is 0 Å². The molecule has 1 heterocycles. The average Bonchev–Trinajstić information content (AvgIpc) is 2.43. The number of hydrogen-bond donors (Lipinski definition) is 0. The molecule has 2 heteroatoms. The first kappa shape index (κ1) is 8.34. The molecule has 1 aliphatic heterocycles. The van der Waals surface area contributed by atoms with Crippen molar-refractivity contribution >= 4 is 11.9 Å². The van der Waals surface area contributed by atoms with Crippen molar-refractivity contribution in [3.63, 3.8) is 0 Å². The summed E-state index contributed by atoms with van der Waals surface area (Å²) in [6.45, 7) is 6.09. The number of nitrogens with zero attached hydrogens (tertiary/aromatic N) is 2. The highest BCUT2D eigenvalue weighted by Gasteiger charge is 1.95. The maximum atomic E-state index is 3.84. The summed E-state index contributed by atoms with van der Waals surface area (Å²) in [5.41, 5.74) is 1.19. The Morgan fingerprint density at radius 2 is 2.22 bits per heavy atom. The van der Waals surface area contributed by atoms with Gasteiger partial charge in [0, 0.05) is 18.3 Å². The summed E-state index contributed by atoms with van der Waals surface area (Å²) in [6, 6.07) is 0. The van der Waals surface area contributed by atoms with Gasteiger partial charge >= 0.3 is 0 Å². The molecule has 1 aliphatic rings. The van der Waals surface area contributed by atoms with E-state index in [0.717, 1.165) is 12.8 Å². The van der Waals surface area contributed by atoms with Crippen LogP contribution in [0.25, 0.3) is 0 Å². The fourth-order valence-electron chi connectivity index (χ4n) is 0.525. The van der Waals surface area contributed by atoms with Crippen molar-refractivity contribution in [2.24, 2.45) is 10.2 Å². The predicted octanol–water partition coefficient (Wildman–Crippen LogP) is 2.25. The molecule has 0 saturated carbocycles. The van der Waals surface area contributed by atoms with Crippen molar-refractivity contribution < 1.29 is 0 Å². The van der Waals surface area contributed by atoms with E-state index in [1.165, 1.54) is 5.71 Å². The fourth-order valence-corrected chi connectivity index (χ4v) is 0.525. The molecule has 0 spiro atoms. The Kier molecular flexibility index (Phi) is 5.07. The van der Waals surface area contributed by atoms with Gasteiger partial charge in [-0.05, 0) is 6.42 Å². The molecule has 0 N–H and O–H groups in total. The molecule has 52 valence electrons. The molecule has 0 aromatic carbocycles. The van der Waals surface area contributed by atoms with Crippen LogP contribution in [0.15, 0.2) is 10.2 Å². The monoisotopic (exact) mass is 126 g/mol. The molecule has 0 atom stereocenters. The van der Waals surface area contributed by atoms with Gasteiger partial charge in [0.15, 0.2) is 0 Å². The van der Waals surface area contributed by atoms with E-state index < -0.39 is 0 Å². The van der Waals surface area contributed by atoms with Crippen LogP contribution in [0.4, 0.5) is 0 Å². The van der Waals surface area contributed by atoms with Crippen LogP contribution >= 0.6 is 0 Å². The summed E-state index contributed by atoms with van der Waals surface area (Å²) in [4.78, 5) is 0. The molecule has 1 rings (SSSR count). The Bertz CT molecular complexity index is 114. The third kappa shape index (κ3) is 3.01. The van der Waals surface area contributed by atoms with Gasteiger partial charge in [-0.25, -0.2) is 0 Å².